The van der Waals surface area contributed by atoms with E-state index in [1.165, 1.54) is 7.11 Å². The minimum atomic E-state index is -3.52. The van der Waals surface area contributed by atoms with Gasteiger partial charge >= 0.3 is 5.97 Å². The number of nitrogen functional groups attached to an aromatic ring is 1. The van der Waals surface area contributed by atoms with Crippen molar-refractivity contribution in [3.63, 3.8) is 0 Å². The molecular weight excluding hydrogens is 312 g/mol. The van der Waals surface area contributed by atoms with Gasteiger partial charge in [0.2, 0.25) is 0 Å². The fourth-order valence-electron chi connectivity index (χ4n) is 1.99. The number of carbonyl (C=O) groups excluding carboxylic acids is 1. The Morgan fingerprint density at radius 3 is 2.38 bits per heavy atom. The van der Waals surface area contributed by atoms with E-state index in [0.717, 1.165) is 17.8 Å². The molecule has 0 saturated heterocycles. The standard InChI is InChI=1S/C13H22N2O4S2/c1-5-8-15(6-2)12-11(21(17,18)7-3)9(14)10(20-12)13(16)19-4/h5-8,14H2,1-4H3. The Bertz CT molecular complexity index is 608. The molecule has 0 bridgehead atoms. The number of esters is 1. The molecule has 0 amide bonds. The van der Waals surface area contributed by atoms with Gasteiger partial charge in [0, 0.05) is 13.1 Å². The van der Waals surface area contributed by atoms with Crippen LogP contribution in [-0.2, 0) is 14.6 Å². The number of hydrogen-bond donors (Lipinski definition) is 1. The van der Waals surface area contributed by atoms with E-state index < -0.39 is 15.8 Å². The topological polar surface area (TPSA) is 89.7 Å². The van der Waals surface area contributed by atoms with E-state index >= 15 is 0 Å². The molecule has 1 rings (SSSR count). The van der Waals surface area contributed by atoms with Crippen LogP contribution in [0.5, 0.6) is 0 Å². The zero-order valence-electron chi connectivity index (χ0n) is 12.8. The molecular formula is C13H22N2O4S2. The third-order valence-corrected chi connectivity index (χ3v) is 6.28. The number of carbonyl (C=O) groups is 1. The average molecular weight is 334 g/mol. The van der Waals surface area contributed by atoms with Crippen LogP contribution in [0, 0.1) is 0 Å². The van der Waals surface area contributed by atoms with Gasteiger partial charge in [0.25, 0.3) is 0 Å². The van der Waals surface area contributed by atoms with Crippen LogP contribution in [0.4, 0.5) is 10.7 Å². The lowest BCUT2D eigenvalue weighted by Crippen LogP contribution is -2.24. The Labute approximate surface area is 129 Å². The normalized spacial score (nSPS) is 11.4. The molecule has 21 heavy (non-hydrogen) atoms. The van der Waals surface area contributed by atoms with E-state index in [0.29, 0.717) is 18.1 Å². The number of ether oxygens (including phenoxy) is 1. The number of nitrogens with two attached hydrogens (primary N) is 1. The van der Waals surface area contributed by atoms with Crippen LogP contribution in [0.1, 0.15) is 36.9 Å². The number of rotatable bonds is 7. The Balaban J connectivity index is 3.58. The molecule has 6 nitrogen and oxygen atoms in total. The maximum atomic E-state index is 12.3. The first-order valence-corrected chi connectivity index (χ1v) is 9.29. The lowest BCUT2D eigenvalue weighted by molar-refractivity contribution is 0.0607. The predicted octanol–water partition coefficient (Wildman–Crippen LogP) is 2.15. The van der Waals surface area contributed by atoms with Gasteiger partial charge in [-0.3, -0.25) is 0 Å². The molecule has 0 aromatic carbocycles. The second kappa shape index (κ2) is 7.13. The SMILES string of the molecule is CCCN(CC)c1sc(C(=O)OC)c(N)c1S(=O)(=O)CC. The molecule has 1 heterocycles. The highest BCUT2D eigenvalue weighted by Crippen LogP contribution is 2.42. The van der Waals surface area contributed by atoms with Crippen LogP contribution >= 0.6 is 11.3 Å². The molecule has 0 spiro atoms. The quantitative estimate of drug-likeness (QED) is 0.768. The van der Waals surface area contributed by atoms with E-state index in [9.17, 15) is 13.2 Å². The monoisotopic (exact) mass is 334 g/mol. The molecule has 0 atom stereocenters. The lowest BCUT2D eigenvalue weighted by Gasteiger charge is -2.22. The molecule has 2 N–H and O–H groups in total. The smallest absolute Gasteiger partial charge is 0.350 e. The number of thiophene rings is 1. The van der Waals surface area contributed by atoms with Gasteiger partial charge in [0.1, 0.15) is 14.8 Å². The van der Waals surface area contributed by atoms with Crippen molar-refractivity contribution in [2.45, 2.75) is 32.1 Å². The van der Waals surface area contributed by atoms with E-state index in [4.69, 9.17) is 5.73 Å². The Morgan fingerprint density at radius 1 is 1.33 bits per heavy atom. The maximum absolute atomic E-state index is 12.3. The second-order valence-electron chi connectivity index (χ2n) is 4.45. The van der Waals surface area contributed by atoms with Crippen molar-refractivity contribution in [3.05, 3.63) is 4.88 Å². The number of anilines is 2. The summed E-state index contributed by atoms with van der Waals surface area (Å²) in [6.07, 6.45) is 0.866. The average Bonchev–Trinajstić information content (AvgIpc) is 2.82. The molecule has 0 fully saturated rings. The minimum absolute atomic E-state index is 0.00162. The van der Waals surface area contributed by atoms with E-state index in [1.807, 2.05) is 18.7 Å². The number of nitrogens with zero attached hydrogens (tertiary/aromatic N) is 1. The number of hydrogen-bond acceptors (Lipinski definition) is 7. The zero-order chi connectivity index (χ0) is 16.2. The van der Waals surface area contributed by atoms with Gasteiger partial charge in [-0.15, -0.1) is 11.3 Å². The number of methoxy groups -OCH3 is 1. The minimum Gasteiger partial charge on any atom is -0.465 e. The first-order valence-electron chi connectivity index (χ1n) is 6.82. The third kappa shape index (κ3) is 3.49. The summed E-state index contributed by atoms with van der Waals surface area (Å²) < 4.78 is 29.4. The highest BCUT2D eigenvalue weighted by atomic mass is 32.2. The van der Waals surface area contributed by atoms with Crippen LogP contribution in [0.3, 0.4) is 0 Å². The highest BCUT2D eigenvalue weighted by Gasteiger charge is 2.31. The summed E-state index contributed by atoms with van der Waals surface area (Å²) in [5.74, 6) is -0.672. The highest BCUT2D eigenvalue weighted by molar-refractivity contribution is 7.92. The molecule has 0 aliphatic rings. The molecule has 0 aliphatic heterocycles. The molecule has 0 unspecified atom stereocenters. The zero-order valence-corrected chi connectivity index (χ0v) is 14.4. The van der Waals surface area contributed by atoms with Crippen molar-refractivity contribution in [2.75, 3.05) is 36.6 Å². The van der Waals surface area contributed by atoms with Crippen molar-refractivity contribution in [3.8, 4) is 0 Å². The van der Waals surface area contributed by atoms with Crippen LogP contribution < -0.4 is 10.6 Å². The van der Waals surface area contributed by atoms with Gasteiger partial charge in [-0.05, 0) is 13.3 Å². The van der Waals surface area contributed by atoms with E-state index in [2.05, 4.69) is 4.74 Å². The summed E-state index contributed by atoms with van der Waals surface area (Å²) in [6, 6.07) is 0. The summed E-state index contributed by atoms with van der Waals surface area (Å²) in [6.45, 7) is 6.84. The summed E-state index contributed by atoms with van der Waals surface area (Å²) in [7, 11) is -2.27. The van der Waals surface area contributed by atoms with E-state index in [-0.39, 0.29) is 21.2 Å². The summed E-state index contributed by atoms with van der Waals surface area (Å²) >= 11 is 1.08. The largest absolute Gasteiger partial charge is 0.465 e. The molecule has 1 aromatic rings. The van der Waals surface area contributed by atoms with Crippen molar-refractivity contribution in [1.29, 1.82) is 0 Å². The molecule has 0 saturated carbocycles. The Kier molecular flexibility index (Phi) is 6.03. The Hall–Kier alpha value is -1.28. The van der Waals surface area contributed by atoms with Gasteiger partial charge < -0.3 is 15.4 Å². The summed E-state index contributed by atoms with van der Waals surface area (Å²) in [4.78, 5) is 13.9. The lowest BCUT2D eigenvalue weighted by atomic mass is 10.3. The van der Waals surface area contributed by atoms with Crippen LogP contribution in [0.25, 0.3) is 0 Å². The predicted molar refractivity (Wildman–Crippen MR) is 86.0 cm³/mol. The first kappa shape index (κ1) is 17.8. The molecule has 120 valence electrons. The van der Waals surface area contributed by atoms with Crippen molar-refractivity contribution < 1.29 is 17.9 Å². The Morgan fingerprint density at radius 2 is 1.95 bits per heavy atom. The van der Waals surface area contributed by atoms with Gasteiger partial charge in [0.05, 0.1) is 18.6 Å². The van der Waals surface area contributed by atoms with Gasteiger partial charge in [-0.1, -0.05) is 13.8 Å². The molecule has 0 aliphatic carbocycles. The maximum Gasteiger partial charge on any atom is 0.350 e. The van der Waals surface area contributed by atoms with Crippen molar-refractivity contribution >= 4 is 37.8 Å². The summed E-state index contributed by atoms with van der Waals surface area (Å²) in [5.41, 5.74) is 5.93. The van der Waals surface area contributed by atoms with Gasteiger partial charge in [-0.25, -0.2) is 13.2 Å². The molecule has 8 heteroatoms. The van der Waals surface area contributed by atoms with E-state index in [1.54, 1.807) is 6.92 Å². The summed E-state index contributed by atoms with van der Waals surface area (Å²) in [5, 5.41) is 0.527. The molecule has 1 aromatic heterocycles. The van der Waals surface area contributed by atoms with Gasteiger partial charge in [0.15, 0.2) is 9.84 Å². The third-order valence-electron chi connectivity index (χ3n) is 3.11. The fourth-order valence-corrected chi connectivity index (χ4v) is 4.80. The number of sulfone groups is 1. The van der Waals surface area contributed by atoms with Crippen LogP contribution in [-0.4, -0.2) is 40.3 Å². The molecule has 0 radical (unpaired) electrons. The van der Waals surface area contributed by atoms with Crippen LogP contribution in [0.2, 0.25) is 0 Å². The van der Waals surface area contributed by atoms with Crippen LogP contribution in [0.15, 0.2) is 4.90 Å². The van der Waals surface area contributed by atoms with Crippen molar-refractivity contribution in [2.24, 2.45) is 0 Å². The fraction of sp³-hybridized carbons (Fsp3) is 0.615. The van der Waals surface area contributed by atoms with Gasteiger partial charge in [-0.2, -0.15) is 0 Å². The second-order valence-corrected chi connectivity index (χ2v) is 7.67. The van der Waals surface area contributed by atoms with Crippen molar-refractivity contribution in [1.82, 2.24) is 0 Å². The first-order chi connectivity index (χ1) is 9.83.